The van der Waals surface area contributed by atoms with Gasteiger partial charge in [-0.1, -0.05) is 24.3 Å². The van der Waals surface area contributed by atoms with Gasteiger partial charge in [-0.15, -0.1) is 11.3 Å². The van der Waals surface area contributed by atoms with Crippen molar-refractivity contribution in [1.29, 1.82) is 0 Å². The van der Waals surface area contributed by atoms with E-state index in [2.05, 4.69) is 9.97 Å². The quantitative estimate of drug-likeness (QED) is 0.609. The molecule has 21 heavy (non-hydrogen) atoms. The van der Waals surface area contributed by atoms with Gasteiger partial charge in [0.15, 0.2) is 0 Å². The normalized spacial score (nSPS) is 11.0. The molecule has 0 aliphatic heterocycles. The number of thiophene rings is 1. The van der Waals surface area contributed by atoms with E-state index in [0.29, 0.717) is 16.0 Å². The predicted octanol–water partition coefficient (Wildman–Crippen LogP) is 3.93. The van der Waals surface area contributed by atoms with Crippen LogP contribution in [-0.4, -0.2) is 9.97 Å². The van der Waals surface area contributed by atoms with Crippen LogP contribution >= 0.6 is 11.3 Å². The van der Waals surface area contributed by atoms with Crippen molar-refractivity contribution in [3.63, 3.8) is 0 Å². The Morgan fingerprint density at radius 2 is 1.90 bits per heavy atom. The molecule has 5 heteroatoms. The molecular formula is C16H10N2O2S. The average molecular weight is 294 g/mol. The highest BCUT2D eigenvalue weighted by Crippen LogP contribution is 2.38. The van der Waals surface area contributed by atoms with Crippen molar-refractivity contribution in [2.75, 3.05) is 0 Å². The van der Waals surface area contributed by atoms with Crippen LogP contribution in [-0.2, 0) is 0 Å². The fraction of sp³-hybridized carbons (Fsp3) is 0. The predicted molar refractivity (Wildman–Crippen MR) is 84.3 cm³/mol. The highest BCUT2D eigenvalue weighted by molar-refractivity contribution is 7.25. The van der Waals surface area contributed by atoms with Crippen LogP contribution in [0.4, 0.5) is 0 Å². The zero-order valence-corrected chi connectivity index (χ0v) is 11.7. The molecule has 4 nitrogen and oxygen atoms in total. The Morgan fingerprint density at radius 1 is 1.05 bits per heavy atom. The summed E-state index contributed by atoms with van der Waals surface area (Å²) in [6, 6.07) is 15.4. The Hall–Kier alpha value is -2.66. The van der Waals surface area contributed by atoms with Crippen molar-refractivity contribution in [3.8, 4) is 11.5 Å². The number of benzene rings is 2. The molecule has 0 radical (unpaired) electrons. The largest absolute Gasteiger partial charge is 0.457 e. The Kier molecular flexibility index (Phi) is 2.72. The van der Waals surface area contributed by atoms with Crippen LogP contribution in [0.25, 0.3) is 20.3 Å². The van der Waals surface area contributed by atoms with Crippen molar-refractivity contribution in [1.82, 2.24) is 9.97 Å². The molecule has 0 atom stereocenters. The van der Waals surface area contributed by atoms with Crippen molar-refractivity contribution < 1.29 is 4.74 Å². The molecule has 0 amide bonds. The lowest BCUT2D eigenvalue weighted by molar-refractivity contribution is 0.488. The van der Waals surface area contributed by atoms with E-state index in [1.807, 2.05) is 48.5 Å². The van der Waals surface area contributed by atoms with Crippen LogP contribution in [0.3, 0.4) is 0 Å². The lowest BCUT2D eigenvalue weighted by Gasteiger charge is -2.06. The molecule has 4 aromatic rings. The number of hydrogen-bond donors (Lipinski definition) is 1. The van der Waals surface area contributed by atoms with Crippen molar-refractivity contribution in [2.45, 2.75) is 0 Å². The summed E-state index contributed by atoms with van der Waals surface area (Å²) in [6.45, 7) is 0. The molecule has 0 spiro atoms. The van der Waals surface area contributed by atoms with Gasteiger partial charge in [0.25, 0.3) is 5.56 Å². The third kappa shape index (κ3) is 1.98. The van der Waals surface area contributed by atoms with Gasteiger partial charge in [0.2, 0.25) is 0 Å². The first-order valence-electron chi connectivity index (χ1n) is 6.45. The van der Waals surface area contributed by atoms with Gasteiger partial charge < -0.3 is 9.72 Å². The van der Waals surface area contributed by atoms with Crippen molar-refractivity contribution in [2.24, 2.45) is 0 Å². The van der Waals surface area contributed by atoms with Gasteiger partial charge in [-0.05, 0) is 24.3 Å². The van der Waals surface area contributed by atoms with Gasteiger partial charge in [-0.2, -0.15) is 0 Å². The standard InChI is InChI=1S/C16H10N2O2S/c19-16-15-14(17-9-18-16)13-11(7-4-8-12(13)21-15)20-10-5-2-1-3-6-10/h1-9H,(H,17,18,19). The number of nitrogens with zero attached hydrogens (tertiary/aromatic N) is 1. The molecule has 0 fully saturated rings. The van der Waals surface area contributed by atoms with Crippen LogP contribution in [0.15, 0.2) is 59.7 Å². The summed E-state index contributed by atoms with van der Waals surface area (Å²) in [4.78, 5) is 18.8. The monoisotopic (exact) mass is 294 g/mol. The van der Waals surface area contributed by atoms with Gasteiger partial charge in [0, 0.05) is 4.70 Å². The Bertz CT molecular complexity index is 989. The summed E-state index contributed by atoms with van der Waals surface area (Å²) < 4.78 is 7.56. The number of aromatic amines is 1. The summed E-state index contributed by atoms with van der Waals surface area (Å²) in [5.41, 5.74) is 0.567. The van der Waals surface area contributed by atoms with Crippen LogP contribution in [0.5, 0.6) is 11.5 Å². The number of H-pyrrole nitrogens is 1. The molecule has 102 valence electrons. The number of para-hydroxylation sites is 1. The van der Waals surface area contributed by atoms with Gasteiger partial charge in [0.1, 0.15) is 16.2 Å². The molecule has 0 aliphatic carbocycles. The minimum absolute atomic E-state index is 0.119. The van der Waals surface area contributed by atoms with E-state index < -0.39 is 0 Å². The first kappa shape index (κ1) is 12.1. The smallest absolute Gasteiger partial charge is 0.268 e. The minimum Gasteiger partial charge on any atom is -0.457 e. The van der Waals surface area contributed by atoms with Crippen LogP contribution < -0.4 is 10.3 Å². The average Bonchev–Trinajstić information content (AvgIpc) is 2.90. The SMILES string of the molecule is O=c1[nH]cnc2c1sc1cccc(Oc3ccccc3)c12. The third-order valence-electron chi connectivity index (χ3n) is 3.22. The molecule has 2 heterocycles. The lowest BCUT2D eigenvalue weighted by atomic mass is 10.2. The van der Waals surface area contributed by atoms with Gasteiger partial charge in [0.05, 0.1) is 17.2 Å². The van der Waals surface area contributed by atoms with E-state index in [4.69, 9.17) is 4.74 Å². The summed E-state index contributed by atoms with van der Waals surface area (Å²) in [5, 5.41) is 0.882. The molecule has 2 aromatic carbocycles. The zero-order chi connectivity index (χ0) is 14.2. The van der Waals surface area contributed by atoms with Crippen molar-refractivity contribution >= 4 is 31.6 Å². The minimum atomic E-state index is -0.119. The maximum atomic E-state index is 11.9. The van der Waals surface area contributed by atoms with Gasteiger partial charge >= 0.3 is 0 Å². The number of rotatable bonds is 2. The number of hydrogen-bond acceptors (Lipinski definition) is 4. The first-order valence-corrected chi connectivity index (χ1v) is 7.26. The van der Waals surface area contributed by atoms with E-state index in [0.717, 1.165) is 15.8 Å². The zero-order valence-electron chi connectivity index (χ0n) is 10.9. The fourth-order valence-electron chi connectivity index (χ4n) is 2.30. The van der Waals surface area contributed by atoms with Crippen molar-refractivity contribution in [3.05, 3.63) is 65.2 Å². The molecule has 0 saturated carbocycles. The van der Waals surface area contributed by atoms with E-state index in [1.165, 1.54) is 17.7 Å². The molecule has 0 aliphatic rings. The molecule has 1 N–H and O–H groups in total. The molecular weight excluding hydrogens is 284 g/mol. The second kappa shape index (κ2) is 4.71. The Morgan fingerprint density at radius 3 is 2.76 bits per heavy atom. The summed E-state index contributed by atoms with van der Waals surface area (Å²) in [7, 11) is 0. The number of nitrogens with one attached hydrogen (secondary N) is 1. The van der Waals surface area contributed by atoms with Crippen LogP contribution in [0.2, 0.25) is 0 Å². The molecule has 2 aromatic heterocycles. The van der Waals surface area contributed by atoms with Gasteiger partial charge in [-0.3, -0.25) is 4.79 Å². The fourth-order valence-corrected chi connectivity index (χ4v) is 3.37. The number of aromatic nitrogens is 2. The van der Waals surface area contributed by atoms with E-state index in [-0.39, 0.29) is 5.56 Å². The highest BCUT2D eigenvalue weighted by atomic mass is 32.1. The topological polar surface area (TPSA) is 55.0 Å². The summed E-state index contributed by atoms with van der Waals surface area (Å²) in [6.07, 6.45) is 1.43. The maximum absolute atomic E-state index is 11.9. The molecule has 4 rings (SSSR count). The van der Waals surface area contributed by atoms with Crippen LogP contribution in [0, 0.1) is 0 Å². The molecule has 0 unspecified atom stereocenters. The van der Waals surface area contributed by atoms with Crippen LogP contribution in [0.1, 0.15) is 0 Å². The van der Waals surface area contributed by atoms with E-state index in [1.54, 1.807) is 0 Å². The molecule has 0 bridgehead atoms. The first-order chi connectivity index (χ1) is 10.3. The van der Waals surface area contributed by atoms with Gasteiger partial charge in [-0.25, -0.2) is 4.98 Å². The summed E-state index contributed by atoms with van der Waals surface area (Å²) >= 11 is 1.43. The lowest BCUT2D eigenvalue weighted by Crippen LogP contribution is -2.03. The second-order valence-electron chi connectivity index (χ2n) is 4.56. The number of fused-ring (bicyclic) bond motifs is 3. The molecule has 0 saturated heterocycles. The summed E-state index contributed by atoms with van der Waals surface area (Å²) in [5.74, 6) is 1.47. The second-order valence-corrected chi connectivity index (χ2v) is 5.61. The third-order valence-corrected chi connectivity index (χ3v) is 4.36. The van der Waals surface area contributed by atoms with E-state index in [9.17, 15) is 4.79 Å². The maximum Gasteiger partial charge on any atom is 0.268 e. The Balaban J connectivity index is 1.99. The van der Waals surface area contributed by atoms with E-state index >= 15 is 0 Å². The highest BCUT2D eigenvalue weighted by Gasteiger charge is 2.13. The number of ether oxygens (including phenoxy) is 1. The Labute approximate surface area is 123 Å².